The molecule has 0 saturated carbocycles. The predicted octanol–water partition coefficient (Wildman–Crippen LogP) is 3.97. The molecule has 1 heterocycles. The maximum atomic E-state index is 13.1. The number of para-hydroxylation sites is 1. The van der Waals surface area contributed by atoms with Gasteiger partial charge in [0.15, 0.2) is 0 Å². The average Bonchev–Trinajstić information content (AvgIpc) is 2.77. The number of hydrogen-bond donors (Lipinski definition) is 1. The van der Waals surface area contributed by atoms with Crippen molar-refractivity contribution in [2.75, 3.05) is 37.5 Å². The van der Waals surface area contributed by atoms with E-state index in [2.05, 4.69) is 5.32 Å². The topological polar surface area (TPSA) is 61.9 Å². The molecule has 2 aromatic rings. The summed E-state index contributed by atoms with van der Waals surface area (Å²) in [5.74, 6) is -0.0503. The molecule has 0 radical (unpaired) electrons. The van der Waals surface area contributed by atoms with Gasteiger partial charge in [0.05, 0.1) is 24.5 Å². The van der Waals surface area contributed by atoms with Crippen LogP contribution in [0.25, 0.3) is 12.2 Å². The fraction of sp³-hybridized carbons (Fsp3) is 0.238. The van der Waals surface area contributed by atoms with E-state index in [1.54, 1.807) is 24.0 Å². The minimum Gasteiger partial charge on any atom is -0.450 e. The van der Waals surface area contributed by atoms with Crippen LogP contribution in [0, 0.1) is 0 Å². The number of anilines is 3. The van der Waals surface area contributed by atoms with Crippen molar-refractivity contribution >= 4 is 41.2 Å². The van der Waals surface area contributed by atoms with E-state index in [1.807, 2.05) is 61.5 Å². The van der Waals surface area contributed by atoms with Crippen LogP contribution in [0.3, 0.4) is 0 Å². The molecule has 140 valence electrons. The smallest absolute Gasteiger partial charge is 0.411 e. The molecule has 0 aliphatic carbocycles. The van der Waals surface area contributed by atoms with Gasteiger partial charge in [-0.3, -0.25) is 15.0 Å². The Morgan fingerprint density at radius 2 is 1.74 bits per heavy atom. The second-order valence-corrected chi connectivity index (χ2v) is 6.48. The molecule has 0 bridgehead atoms. The van der Waals surface area contributed by atoms with Crippen molar-refractivity contribution in [1.82, 2.24) is 4.90 Å². The third-order valence-electron chi connectivity index (χ3n) is 4.11. The fourth-order valence-electron chi connectivity index (χ4n) is 2.99. The van der Waals surface area contributed by atoms with Gasteiger partial charge in [-0.05, 0) is 50.3 Å². The van der Waals surface area contributed by atoms with E-state index >= 15 is 0 Å². The van der Waals surface area contributed by atoms with Crippen LogP contribution < -0.4 is 10.2 Å². The number of rotatable bonds is 4. The van der Waals surface area contributed by atoms with Gasteiger partial charge >= 0.3 is 6.09 Å². The summed E-state index contributed by atoms with van der Waals surface area (Å²) in [4.78, 5) is 28.4. The SMILES string of the molecule is CCOC(=O)Nc1ccc2c(c1)N(C(=O)CN(C)C)c1ccccc1C=C2. The molecule has 0 aromatic heterocycles. The lowest BCUT2D eigenvalue weighted by Gasteiger charge is -2.26. The number of benzene rings is 2. The quantitative estimate of drug-likeness (QED) is 0.891. The predicted molar refractivity (Wildman–Crippen MR) is 108 cm³/mol. The van der Waals surface area contributed by atoms with Gasteiger partial charge in [-0.15, -0.1) is 0 Å². The lowest BCUT2D eigenvalue weighted by molar-refractivity contribution is -0.118. The number of amides is 2. The summed E-state index contributed by atoms with van der Waals surface area (Å²) in [6, 6.07) is 13.2. The zero-order valence-electron chi connectivity index (χ0n) is 15.7. The molecule has 0 spiro atoms. The number of likely N-dealkylation sites (N-methyl/N-ethyl adjacent to an activating group) is 1. The number of carbonyl (C=O) groups excluding carboxylic acids is 2. The largest absolute Gasteiger partial charge is 0.450 e. The fourth-order valence-corrected chi connectivity index (χ4v) is 2.99. The lowest BCUT2D eigenvalue weighted by atomic mass is 10.1. The number of fused-ring (bicyclic) bond motifs is 2. The Morgan fingerprint density at radius 3 is 2.44 bits per heavy atom. The summed E-state index contributed by atoms with van der Waals surface area (Å²) >= 11 is 0. The minimum absolute atomic E-state index is 0.0503. The second-order valence-electron chi connectivity index (χ2n) is 6.48. The molecule has 27 heavy (non-hydrogen) atoms. The van der Waals surface area contributed by atoms with Crippen molar-refractivity contribution in [3.63, 3.8) is 0 Å². The first-order valence-corrected chi connectivity index (χ1v) is 8.82. The van der Waals surface area contributed by atoms with Crippen LogP contribution in [0.4, 0.5) is 21.9 Å². The Balaban J connectivity index is 2.07. The van der Waals surface area contributed by atoms with Gasteiger partial charge in [-0.2, -0.15) is 0 Å². The van der Waals surface area contributed by atoms with Crippen molar-refractivity contribution < 1.29 is 14.3 Å². The van der Waals surface area contributed by atoms with Crippen molar-refractivity contribution in [1.29, 1.82) is 0 Å². The van der Waals surface area contributed by atoms with Crippen molar-refractivity contribution in [2.24, 2.45) is 0 Å². The van der Waals surface area contributed by atoms with Gasteiger partial charge in [0.1, 0.15) is 0 Å². The Hall–Kier alpha value is -3.12. The molecule has 3 rings (SSSR count). The van der Waals surface area contributed by atoms with Crippen LogP contribution in [0.5, 0.6) is 0 Å². The van der Waals surface area contributed by atoms with E-state index in [4.69, 9.17) is 4.74 Å². The molecular formula is C21H23N3O3. The molecule has 0 fully saturated rings. The zero-order valence-corrected chi connectivity index (χ0v) is 15.7. The number of carbonyl (C=O) groups is 2. The van der Waals surface area contributed by atoms with Crippen LogP contribution in [0.15, 0.2) is 42.5 Å². The van der Waals surface area contributed by atoms with Crippen molar-refractivity contribution in [3.8, 4) is 0 Å². The summed E-state index contributed by atoms with van der Waals surface area (Å²) in [5, 5.41) is 2.70. The maximum Gasteiger partial charge on any atom is 0.411 e. The molecule has 1 aliphatic heterocycles. The Morgan fingerprint density at radius 1 is 1.04 bits per heavy atom. The molecule has 2 aromatic carbocycles. The molecule has 6 nitrogen and oxygen atoms in total. The summed E-state index contributed by atoms with van der Waals surface area (Å²) in [6.07, 6.45) is 3.45. The standard InChI is InChI=1S/C21H23N3O3/c1-4-27-21(26)22-17-12-11-16-10-9-15-7-5-6-8-18(15)24(19(16)13-17)20(25)14-23(2)3/h5-13H,4,14H2,1-3H3,(H,22,26). The number of nitrogens with one attached hydrogen (secondary N) is 1. The van der Waals surface area contributed by atoms with Gasteiger partial charge in [0.2, 0.25) is 5.91 Å². The van der Waals surface area contributed by atoms with Gasteiger partial charge in [-0.1, -0.05) is 36.4 Å². The zero-order chi connectivity index (χ0) is 19.4. The molecule has 0 atom stereocenters. The Labute approximate surface area is 159 Å². The van der Waals surface area contributed by atoms with Crippen molar-refractivity contribution in [2.45, 2.75) is 6.92 Å². The average molecular weight is 365 g/mol. The maximum absolute atomic E-state index is 13.1. The Kier molecular flexibility index (Phi) is 5.57. The number of nitrogens with zero attached hydrogens (tertiary/aromatic N) is 2. The minimum atomic E-state index is -0.520. The monoisotopic (exact) mass is 365 g/mol. The summed E-state index contributed by atoms with van der Waals surface area (Å²) in [5.41, 5.74) is 3.96. The summed E-state index contributed by atoms with van der Waals surface area (Å²) in [7, 11) is 3.72. The molecule has 0 saturated heterocycles. The van der Waals surface area contributed by atoms with E-state index in [9.17, 15) is 9.59 Å². The van der Waals surface area contributed by atoms with Gasteiger partial charge < -0.3 is 9.64 Å². The highest BCUT2D eigenvalue weighted by atomic mass is 16.5. The highest BCUT2D eigenvalue weighted by molar-refractivity contribution is 6.07. The highest BCUT2D eigenvalue weighted by Gasteiger charge is 2.24. The van der Waals surface area contributed by atoms with E-state index in [0.29, 0.717) is 12.3 Å². The molecule has 2 amide bonds. The van der Waals surface area contributed by atoms with Crippen LogP contribution >= 0.6 is 0 Å². The Bertz CT molecular complexity index is 890. The van der Waals surface area contributed by atoms with E-state index in [-0.39, 0.29) is 12.5 Å². The first-order chi connectivity index (χ1) is 13.0. The van der Waals surface area contributed by atoms with Crippen LogP contribution in [-0.4, -0.2) is 44.1 Å². The first kappa shape index (κ1) is 18.7. The second kappa shape index (κ2) is 8.05. The first-order valence-electron chi connectivity index (χ1n) is 8.82. The van der Waals surface area contributed by atoms with E-state index < -0.39 is 6.09 Å². The molecule has 1 aliphatic rings. The molecule has 0 unspecified atom stereocenters. The van der Waals surface area contributed by atoms with E-state index in [0.717, 1.165) is 22.5 Å². The van der Waals surface area contributed by atoms with Crippen LogP contribution in [0.2, 0.25) is 0 Å². The summed E-state index contributed by atoms with van der Waals surface area (Å²) in [6.45, 7) is 2.31. The van der Waals surface area contributed by atoms with Gasteiger partial charge in [-0.25, -0.2) is 4.79 Å². The van der Waals surface area contributed by atoms with Crippen LogP contribution in [0.1, 0.15) is 18.1 Å². The highest BCUT2D eigenvalue weighted by Crippen LogP contribution is 2.37. The third-order valence-corrected chi connectivity index (χ3v) is 4.11. The summed E-state index contributed by atoms with van der Waals surface area (Å²) < 4.78 is 4.95. The number of hydrogen-bond acceptors (Lipinski definition) is 4. The van der Waals surface area contributed by atoms with Gasteiger partial charge in [0, 0.05) is 5.69 Å². The van der Waals surface area contributed by atoms with Gasteiger partial charge in [0.25, 0.3) is 0 Å². The third kappa shape index (κ3) is 4.17. The normalized spacial score (nSPS) is 12.2. The van der Waals surface area contributed by atoms with Crippen LogP contribution in [-0.2, 0) is 9.53 Å². The molecular weight excluding hydrogens is 342 g/mol. The number of ether oxygens (including phenoxy) is 1. The lowest BCUT2D eigenvalue weighted by Crippen LogP contribution is -2.35. The van der Waals surface area contributed by atoms with Crippen molar-refractivity contribution in [3.05, 3.63) is 53.6 Å². The molecule has 1 N–H and O–H groups in total. The van der Waals surface area contributed by atoms with E-state index in [1.165, 1.54) is 0 Å². The molecule has 6 heteroatoms.